The van der Waals surface area contributed by atoms with Crippen molar-refractivity contribution in [1.29, 1.82) is 0 Å². The zero-order chi connectivity index (χ0) is 13.9. The lowest BCUT2D eigenvalue weighted by atomic mass is 9.81. The molecule has 0 spiro atoms. The van der Waals surface area contributed by atoms with Gasteiger partial charge in [0.15, 0.2) is 0 Å². The fourth-order valence-corrected chi connectivity index (χ4v) is 2.06. The Morgan fingerprint density at radius 3 is 2.37 bits per heavy atom. The topological polar surface area (TPSA) is 98.9 Å². The van der Waals surface area contributed by atoms with Gasteiger partial charge < -0.3 is 24.7 Å². The Morgan fingerprint density at radius 2 is 1.89 bits per heavy atom. The Hall–Kier alpha value is -1.38. The van der Waals surface area contributed by atoms with Gasteiger partial charge in [-0.3, -0.25) is 0 Å². The van der Waals surface area contributed by atoms with E-state index in [1.165, 1.54) is 12.4 Å². The van der Waals surface area contributed by atoms with Crippen molar-refractivity contribution in [2.24, 2.45) is 5.41 Å². The lowest BCUT2D eigenvalue weighted by Crippen LogP contribution is -2.41. The molecule has 19 heavy (non-hydrogen) atoms. The molecule has 0 bridgehead atoms. The second-order valence-corrected chi connectivity index (χ2v) is 5.12. The molecule has 1 aliphatic rings. The van der Waals surface area contributed by atoms with Crippen LogP contribution >= 0.6 is 0 Å². The van der Waals surface area contributed by atoms with Crippen molar-refractivity contribution < 1.29 is 19.8 Å². The van der Waals surface area contributed by atoms with Crippen molar-refractivity contribution in [3.05, 3.63) is 12.4 Å². The maximum absolute atomic E-state index is 9.31. The van der Waals surface area contributed by atoms with Crippen LogP contribution in [-0.4, -0.2) is 52.1 Å². The van der Waals surface area contributed by atoms with Crippen molar-refractivity contribution in [3.8, 4) is 5.75 Å². The quantitative estimate of drug-likeness (QED) is 0.628. The smallest absolute Gasteiger partial charge is 0.509 e. The third-order valence-electron chi connectivity index (χ3n) is 3.49. The lowest BCUT2D eigenvalue weighted by molar-refractivity contribution is 0.114. The standard InChI is InChI=1S/C11H18BN3O4/c1-11(8-16)2-4-15(5-3-11)10-13-6-9(7-14-10)19-12(17)18/h6-7,16-18H,2-5,8H2,1H3. The van der Waals surface area contributed by atoms with E-state index >= 15 is 0 Å². The first kappa shape index (κ1) is 14.0. The molecule has 0 radical (unpaired) electrons. The third-order valence-corrected chi connectivity index (χ3v) is 3.49. The van der Waals surface area contributed by atoms with Crippen molar-refractivity contribution in [2.45, 2.75) is 19.8 Å². The zero-order valence-electron chi connectivity index (χ0n) is 10.9. The molecule has 1 aromatic heterocycles. The van der Waals surface area contributed by atoms with Gasteiger partial charge >= 0.3 is 7.32 Å². The minimum Gasteiger partial charge on any atom is -0.509 e. The van der Waals surface area contributed by atoms with Gasteiger partial charge in [-0.15, -0.1) is 0 Å². The number of aliphatic hydroxyl groups excluding tert-OH is 1. The summed E-state index contributed by atoms with van der Waals surface area (Å²) >= 11 is 0. The van der Waals surface area contributed by atoms with Crippen LogP contribution in [0.1, 0.15) is 19.8 Å². The number of aliphatic hydroxyl groups is 1. The molecule has 2 heterocycles. The van der Waals surface area contributed by atoms with Crippen LogP contribution in [0, 0.1) is 5.41 Å². The number of hydrogen-bond acceptors (Lipinski definition) is 7. The molecule has 0 saturated carbocycles. The fourth-order valence-electron chi connectivity index (χ4n) is 2.06. The summed E-state index contributed by atoms with van der Waals surface area (Å²) in [6, 6.07) is 0. The molecule has 0 amide bonds. The second-order valence-electron chi connectivity index (χ2n) is 5.12. The minimum atomic E-state index is -1.87. The molecule has 2 rings (SSSR count). The Morgan fingerprint density at radius 1 is 1.32 bits per heavy atom. The molecular weight excluding hydrogens is 249 g/mol. The summed E-state index contributed by atoms with van der Waals surface area (Å²) in [5.74, 6) is 0.788. The number of piperidine rings is 1. The van der Waals surface area contributed by atoms with Crippen molar-refractivity contribution in [2.75, 3.05) is 24.6 Å². The summed E-state index contributed by atoms with van der Waals surface area (Å²) in [6.07, 6.45) is 4.59. The summed E-state index contributed by atoms with van der Waals surface area (Å²) in [7, 11) is -1.87. The van der Waals surface area contributed by atoms with Gasteiger partial charge in [-0.1, -0.05) is 6.92 Å². The summed E-state index contributed by atoms with van der Waals surface area (Å²) in [6.45, 7) is 3.85. The van der Waals surface area contributed by atoms with Gasteiger partial charge in [0.25, 0.3) is 0 Å². The largest absolute Gasteiger partial charge is 0.707 e. The summed E-state index contributed by atoms with van der Waals surface area (Å²) in [4.78, 5) is 10.3. The maximum atomic E-state index is 9.31. The maximum Gasteiger partial charge on any atom is 0.707 e. The Bertz CT molecular complexity index is 407. The zero-order valence-corrected chi connectivity index (χ0v) is 10.9. The van der Waals surface area contributed by atoms with Gasteiger partial charge in [0.1, 0.15) is 5.75 Å². The highest BCUT2D eigenvalue weighted by atomic mass is 16.6. The average molecular weight is 267 g/mol. The Labute approximate surface area is 112 Å². The van der Waals surface area contributed by atoms with Gasteiger partial charge in [-0.05, 0) is 18.3 Å². The first-order valence-electron chi connectivity index (χ1n) is 6.23. The molecule has 0 atom stereocenters. The summed E-state index contributed by atoms with van der Waals surface area (Å²) in [5, 5.41) is 26.6. The Kier molecular flexibility index (Phi) is 4.23. The average Bonchev–Trinajstić information content (AvgIpc) is 2.40. The molecule has 104 valence electrons. The minimum absolute atomic E-state index is 0.0133. The predicted molar refractivity (Wildman–Crippen MR) is 69.5 cm³/mol. The molecule has 8 heteroatoms. The van der Waals surface area contributed by atoms with Crippen LogP contribution in [0.4, 0.5) is 5.95 Å². The number of anilines is 1. The van der Waals surface area contributed by atoms with E-state index in [0.717, 1.165) is 25.9 Å². The third kappa shape index (κ3) is 3.56. The molecular formula is C11H18BN3O4. The van der Waals surface area contributed by atoms with Gasteiger partial charge in [0, 0.05) is 19.7 Å². The van der Waals surface area contributed by atoms with Crippen LogP contribution in [0.25, 0.3) is 0 Å². The van der Waals surface area contributed by atoms with E-state index in [-0.39, 0.29) is 17.8 Å². The number of rotatable bonds is 4. The van der Waals surface area contributed by atoms with Crippen LogP contribution in [0.5, 0.6) is 5.75 Å². The van der Waals surface area contributed by atoms with Gasteiger partial charge in [0.2, 0.25) is 5.95 Å². The lowest BCUT2D eigenvalue weighted by Gasteiger charge is -2.38. The molecule has 0 aromatic carbocycles. The number of nitrogens with zero attached hydrogens (tertiary/aromatic N) is 3. The van der Waals surface area contributed by atoms with Crippen molar-refractivity contribution >= 4 is 13.3 Å². The fraction of sp³-hybridized carbons (Fsp3) is 0.636. The highest BCUT2D eigenvalue weighted by Crippen LogP contribution is 2.31. The van der Waals surface area contributed by atoms with Crippen LogP contribution in [0.15, 0.2) is 12.4 Å². The molecule has 0 unspecified atom stereocenters. The van der Waals surface area contributed by atoms with Crippen molar-refractivity contribution in [1.82, 2.24) is 9.97 Å². The predicted octanol–water partition coefficient (Wildman–Crippen LogP) is -0.576. The molecule has 1 aromatic rings. The second kappa shape index (κ2) is 5.73. The molecule has 3 N–H and O–H groups in total. The number of aromatic nitrogens is 2. The van der Waals surface area contributed by atoms with E-state index in [0.29, 0.717) is 5.95 Å². The highest BCUT2D eigenvalue weighted by Gasteiger charge is 2.30. The van der Waals surface area contributed by atoms with Crippen molar-refractivity contribution in [3.63, 3.8) is 0 Å². The van der Waals surface area contributed by atoms with E-state index in [1.54, 1.807) is 0 Å². The summed E-state index contributed by atoms with van der Waals surface area (Å²) in [5.41, 5.74) is -0.0133. The molecule has 0 aliphatic carbocycles. The molecule has 1 aliphatic heterocycles. The number of hydrogen-bond donors (Lipinski definition) is 3. The van der Waals surface area contributed by atoms with E-state index in [2.05, 4.69) is 21.5 Å². The van der Waals surface area contributed by atoms with E-state index in [1.807, 2.05) is 4.90 Å². The van der Waals surface area contributed by atoms with Crippen LogP contribution < -0.4 is 9.55 Å². The first-order chi connectivity index (χ1) is 9.02. The first-order valence-corrected chi connectivity index (χ1v) is 6.23. The van der Waals surface area contributed by atoms with Crippen LogP contribution in [-0.2, 0) is 0 Å². The molecule has 1 saturated heterocycles. The van der Waals surface area contributed by atoms with Gasteiger partial charge in [-0.2, -0.15) is 0 Å². The van der Waals surface area contributed by atoms with Crippen LogP contribution in [0.3, 0.4) is 0 Å². The van der Waals surface area contributed by atoms with E-state index in [4.69, 9.17) is 10.0 Å². The van der Waals surface area contributed by atoms with E-state index in [9.17, 15) is 5.11 Å². The van der Waals surface area contributed by atoms with E-state index < -0.39 is 7.32 Å². The summed E-state index contributed by atoms with van der Waals surface area (Å²) < 4.78 is 4.64. The molecule has 1 fully saturated rings. The normalized spacial score (nSPS) is 18.2. The SMILES string of the molecule is CC1(CO)CCN(c2ncc(OB(O)O)cn2)CC1. The monoisotopic (exact) mass is 267 g/mol. The van der Waals surface area contributed by atoms with Gasteiger partial charge in [-0.25, -0.2) is 9.97 Å². The van der Waals surface area contributed by atoms with Crippen LogP contribution in [0.2, 0.25) is 0 Å². The highest BCUT2D eigenvalue weighted by molar-refractivity contribution is 6.33. The Balaban J connectivity index is 1.96. The molecule has 7 nitrogen and oxygen atoms in total. The van der Waals surface area contributed by atoms with Gasteiger partial charge in [0.05, 0.1) is 12.4 Å².